The minimum absolute atomic E-state index is 0.233. The second kappa shape index (κ2) is 6.48. The van der Waals surface area contributed by atoms with Crippen LogP contribution in [0.4, 0.5) is 0 Å². The van der Waals surface area contributed by atoms with Crippen LogP contribution in [0.3, 0.4) is 0 Å². The fraction of sp³-hybridized carbons (Fsp3) is 0.857. The Labute approximate surface area is 147 Å². The van der Waals surface area contributed by atoms with Gasteiger partial charge in [0.25, 0.3) is 0 Å². The van der Waals surface area contributed by atoms with Gasteiger partial charge in [-0.1, -0.05) is 38.8 Å². The van der Waals surface area contributed by atoms with Gasteiger partial charge in [0, 0.05) is 12.8 Å². The van der Waals surface area contributed by atoms with Gasteiger partial charge in [-0.3, -0.25) is 4.79 Å². The highest BCUT2D eigenvalue weighted by Crippen LogP contribution is 2.58. The van der Waals surface area contributed by atoms with Crippen molar-refractivity contribution >= 4 is 5.97 Å². The van der Waals surface area contributed by atoms with Crippen LogP contribution in [-0.2, 0) is 14.3 Å². The van der Waals surface area contributed by atoms with Crippen LogP contribution in [0.1, 0.15) is 73.1 Å². The second-order valence-corrected chi connectivity index (χ2v) is 9.36. The summed E-state index contributed by atoms with van der Waals surface area (Å²) >= 11 is 0. The van der Waals surface area contributed by atoms with Crippen LogP contribution in [0.25, 0.3) is 0 Å². The van der Waals surface area contributed by atoms with Gasteiger partial charge < -0.3 is 9.47 Å². The number of carbonyl (C=O) groups excluding carboxylic acids is 1. The normalized spacial score (nSPS) is 43.5. The van der Waals surface area contributed by atoms with Crippen molar-refractivity contribution in [3.63, 3.8) is 0 Å². The number of hydrogen-bond acceptors (Lipinski definition) is 3. The van der Waals surface area contributed by atoms with Crippen molar-refractivity contribution in [2.45, 2.75) is 79.4 Å². The highest BCUT2D eigenvalue weighted by molar-refractivity contribution is 5.66. The molecule has 136 valence electrons. The molecule has 3 rings (SSSR count). The summed E-state index contributed by atoms with van der Waals surface area (Å²) in [5, 5.41) is 0. The number of rotatable bonds is 2. The predicted molar refractivity (Wildman–Crippen MR) is 95.3 cm³/mol. The largest absolute Gasteiger partial charge is 0.435 e. The molecule has 0 bridgehead atoms. The molecule has 0 amide bonds. The van der Waals surface area contributed by atoms with Gasteiger partial charge in [-0.05, 0) is 61.7 Å². The Morgan fingerprint density at radius 1 is 1.25 bits per heavy atom. The van der Waals surface area contributed by atoms with Crippen molar-refractivity contribution in [3.05, 3.63) is 11.6 Å². The van der Waals surface area contributed by atoms with Gasteiger partial charge in [0.05, 0.1) is 6.61 Å². The summed E-state index contributed by atoms with van der Waals surface area (Å²) in [4.78, 5) is 11.5. The third-order valence-electron chi connectivity index (χ3n) is 6.83. The maximum atomic E-state index is 11.5. The smallest absolute Gasteiger partial charge is 0.304 e. The Hall–Kier alpha value is -0.830. The van der Waals surface area contributed by atoms with E-state index in [-0.39, 0.29) is 18.2 Å². The zero-order valence-corrected chi connectivity index (χ0v) is 16.1. The van der Waals surface area contributed by atoms with Gasteiger partial charge in [0.2, 0.25) is 6.29 Å². The average molecular weight is 334 g/mol. The van der Waals surface area contributed by atoms with Gasteiger partial charge >= 0.3 is 5.97 Å². The van der Waals surface area contributed by atoms with E-state index in [0.29, 0.717) is 22.7 Å². The standard InChI is InChI=1S/C21H34O3/c1-6-16-17(21(5)11-7-10-20(3,4)13-21)9-8-15-12-23-19(18(15)16)24-14(2)22/h6,15,17-19H,7-13H2,1-5H3/b16-6+/t15-,17-,18+,19+,21-/m0/s1. The van der Waals surface area contributed by atoms with E-state index < -0.39 is 0 Å². The number of esters is 1. The van der Waals surface area contributed by atoms with E-state index in [1.807, 2.05) is 0 Å². The summed E-state index contributed by atoms with van der Waals surface area (Å²) in [6.07, 6.45) is 9.65. The van der Waals surface area contributed by atoms with Gasteiger partial charge in [-0.25, -0.2) is 0 Å². The molecule has 0 radical (unpaired) electrons. The van der Waals surface area contributed by atoms with Gasteiger partial charge in [-0.2, -0.15) is 0 Å². The minimum atomic E-state index is -0.373. The Balaban J connectivity index is 1.86. The van der Waals surface area contributed by atoms with Crippen LogP contribution >= 0.6 is 0 Å². The quantitative estimate of drug-likeness (QED) is 0.520. The number of ether oxygens (including phenoxy) is 2. The van der Waals surface area contributed by atoms with Crippen molar-refractivity contribution in [1.82, 2.24) is 0 Å². The third-order valence-corrected chi connectivity index (χ3v) is 6.83. The molecular formula is C21H34O3. The molecule has 2 aliphatic carbocycles. The molecule has 0 N–H and O–H groups in total. The molecule has 2 saturated carbocycles. The summed E-state index contributed by atoms with van der Waals surface area (Å²) in [7, 11) is 0. The fourth-order valence-electron chi connectivity index (χ4n) is 6.07. The summed E-state index contributed by atoms with van der Waals surface area (Å²) in [6.45, 7) is 11.7. The molecule has 3 heteroatoms. The first-order chi connectivity index (χ1) is 11.3. The highest BCUT2D eigenvalue weighted by atomic mass is 16.7. The fourth-order valence-corrected chi connectivity index (χ4v) is 6.07. The van der Waals surface area contributed by atoms with Crippen LogP contribution in [0, 0.1) is 28.6 Å². The van der Waals surface area contributed by atoms with Crippen LogP contribution in [0.5, 0.6) is 0 Å². The lowest BCUT2D eigenvalue weighted by Crippen LogP contribution is -2.43. The lowest BCUT2D eigenvalue weighted by atomic mass is 9.54. The molecule has 1 aliphatic heterocycles. The average Bonchev–Trinajstić information content (AvgIpc) is 2.87. The molecule has 24 heavy (non-hydrogen) atoms. The number of carbonyl (C=O) groups is 1. The Morgan fingerprint density at radius 3 is 2.62 bits per heavy atom. The molecule has 3 aliphatic rings. The first-order valence-electron chi connectivity index (χ1n) is 9.71. The molecule has 0 aromatic rings. The Morgan fingerprint density at radius 2 is 2.00 bits per heavy atom. The molecule has 0 unspecified atom stereocenters. The van der Waals surface area contributed by atoms with Crippen LogP contribution in [-0.4, -0.2) is 18.9 Å². The molecule has 3 nitrogen and oxygen atoms in total. The predicted octanol–water partition coefficient (Wildman–Crippen LogP) is 5.10. The number of hydrogen-bond donors (Lipinski definition) is 0. The van der Waals surface area contributed by atoms with Crippen molar-refractivity contribution in [3.8, 4) is 0 Å². The molecular weight excluding hydrogens is 300 g/mol. The van der Waals surface area contributed by atoms with Crippen molar-refractivity contribution in [2.24, 2.45) is 28.6 Å². The first-order valence-corrected chi connectivity index (χ1v) is 9.71. The molecule has 0 aromatic heterocycles. The molecule has 3 fully saturated rings. The van der Waals surface area contributed by atoms with Crippen LogP contribution in [0.15, 0.2) is 11.6 Å². The van der Waals surface area contributed by atoms with E-state index in [1.165, 1.54) is 51.0 Å². The summed E-state index contributed by atoms with van der Waals surface area (Å²) in [5.41, 5.74) is 2.29. The van der Waals surface area contributed by atoms with Gasteiger partial charge in [-0.15, -0.1) is 0 Å². The van der Waals surface area contributed by atoms with Gasteiger partial charge in [0.15, 0.2) is 0 Å². The number of allylic oxidation sites excluding steroid dienone is 1. The van der Waals surface area contributed by atoms with E-state index in [1.54, 1.807) is 0 Å². The zero-order valence-electron chi connectivity index (χ0n) is 16.1. The molecule has 1 saturated heterocycles. The molecule has 0 spiro atoms. The topological polar surface area (TPSA) is 35.5 Å². The molecule has 0 aromatic carbocycles. The lowest BCUT2D eigenvalue weighted by Gasteiger charge is -2.51. The van der Waals surface area contributed by atoms with Gasteiger partial charge in [0.1, 0.15) is 0 Å². The zero-order chi connectivity index (χ0) is 17.5. The monoisotopic (exact) mass is 334 g/mol. The van der Waals surface area contributed by atoms with Crippen molar-refractivity contribution in [2.75, 3.05) is 6.61 Å². The Kier molecular flexibility index (Phi) is 4.85. The minimum Gasteiger partial charge on any atom is -0.435 e. The van der Waals surface area contributed by atoms with Crippen molar-refractivity contribution in [1.29, 1.82) is 0 Å². The summed E-state index contributed by atoms with van der Waals surface area (Å²) < 4.78 is 11.4. The van der Waals surface area contributed by atoms with Crippen LogP contribution in [0.2, 0.25) is 0 Å². The van der Waals surface area contributed by atoms with E-state index >= 15 is 0 Å². The highest BCUT2D eigenvalue weighted by Gasteiger charge is 2.51. The lowest BCUT2D eigenvalue weighted by molar-refractivity contribution is -0.172. The molecule has 5 atom stereocenters. The van der Waals surface area contributed by atoms with Crippen molar-refractivity contribution < 1.29 is 14.3 Å². The van der Waals surface area contributed by atoms with E-state index in [2.05, 4.69) is 33.8 Å². The third kappa shape index (κ3) is 3.29. The molecule has 1 heterocycles. The maximum Gasteiger partial charge on any atom is 0.304 e. The summed E-state index contributed by atoms with van der Waals surface area (Å²) in [6, 6.07) is 0. The van der Waals surface area contributed by atoms with E-state index in [4.69, 9.17) is 9.47 Å². The summed E-state index contributed by atoms with van der Waals surface area (Å²) in [5.74, 6) is 1.14. The maximum absolute atomic E-state index is 11.5. The van der Waals surface area contributed by atoms with E-state index in [0.717, 1.165) is 6.61 Å². The second-order valence-electron chi connectivity index (χ2n) is 9.36. The first kappa shape index (κ1) is 18.0. The number of fused-ring (bicyclic) bond motifs is 1. The Bertz CT molecular complexity index is 521. The van der Waals surface area contributed by atoms with Crippen LogP contribution < -0.4 is 0 Å². The van der Waals surface area contributed by atoms with E-state index in [9.17, 15) is 4.79 Å². The SMILES string of the molecule is C/C=C1/[C@H]2[C@@H](CC[C@@H]1[C@@]1(C)CCCC(C)(C)C1)CO[C@@H]2OC(C)=O.